The number of rotatable bonds is 4. The lowest BCUT2D eigenvalue weighted by atomic mass is 9.88. The van der Waals surface area contributed by atoms with Crippen LogP contribution in [0.5, 0.6) is 0 Å². The summed E-state index contributed by atoms with van der Waals surface area (Å²) < 4.78 is 0. The summed E-state index contributed by atoms with van der Waals surface area (Å²) in [6.07, 6.45) is 2.70. The zero-order valence-electron chi connectivity index (χ0n) is 11.1. The maximum atomic E-state index is 12.1. The van der Waals surface area contributed by atoms with Crippen LogP contribution < -0.4 is 0 Å². The fraction of sp³-hybridized carbons (Fsp3) is 0.533. The molecule has 1 aromatic rings. The minimum atomic E-state index is -0.645. The molecule has 1 amide bonds. The van der Waals surface area contributed by atoms with E-state index < -0.39 is 5.60 Å². The van der Waals surface area contributed by atoms with Gasteiger partial charge in [0.1, 0.15) is 0 Å². The number of amides is 1. The van der Waals surface area contributed by atoms with Crippen LogP contribution in [0.15, 0.2) is 24.3 Å². The van der Waals surface area contributed by atoms with Gasteiger partial charge in [0.2, 0.25) is 0 Å². The van der Waals surface area contributed by atoms with E-state index in [4.69, 9.17) is 0 Å². The third-order valence-electron chi connectivity index (χ3n) is 3.58. The van der Waals surface area contributed by atoms with E-state index in [2.05, 4.69) is 6.92 Å². The number of carbonyl (C=O) groups excluding carboxylic acids is 1. The zero-order valence-corrected chi connectivity index (χ0v) is 11.1. The molecule has 3 nitrogen and oxygen atoms in total. The van der Waals surface area contributed by atoms with Crippen LogP contribution in [0.3, 0.4) is 0 Å². The number of β-amino-alcohol motifs (C(OH)–C–C–N with tert-alkyl or cyclic N) is 1. The Morgan fingerprint density at radius 1 is 1.28 bits per heavy atom. The van der Waals surface area contributed by atoms with Crippen LogP contribution in [-0.4, -0.2) is 34.6 Å². The normalized spacial score (nSPS) is 17.4. The van der Waals surface area contributed by atoms with E-state index >= 15 is 0 Å². The first-order valence-electron chi connectivity index (χ1n) is 6.68. The van der Waals surface area contributed by atoms with Gasteiger partial charge in [-0.25, -0.2) is 0 Å². The lowest BCUT2D eigenvalue weighted by Gasteiger charge is -2.46. The minimum Gasteiger partial charge on any atom is -0.386 e. The molecule has 1 aromatic carbocycles. The van der Waals surface area contributed by atoms with Crippen molar-refractivity contribution in [1.82, 2.24) is 4.90 Å². The molecule has 18 heavy (non-hydrogen) atoms. The van der Waals surface area contributed by atoms with E-state index in [-0.39, 0.29) is 5.91 Å². The molecule has 1 N–H and O–H groups in total. The maximum absolute atomic E-state index is 12.1. The van der Waals surface area contributed by atoms with Crippen LogP contribution in [-0.2, 0) is 6.42 Å². The fourth-order valence-electron chi connectivity index (χ4n) is 2.50. The van der Waals surface area contributed by atoms with Gasteiger partial charge < -0.3 is 10.0 Å². The number of likely N-dealkylation sites (tertiary alicyclic amines) is 1. The lowest BCUT2D eigenvalue weighted by Crippen LogP contribution is -2.63. The van der Waals surface area contributed by atoms with E-state index in [9.17, 15) is 9.90 Å². The van der Waals surface area contributed by atoms with Gasteiger partial charge in [-0.2, -0.15) is 0 Å². The van der Waals surface area contributed by atoms with E-state index in [0.29, 0.717) is 18.7 Å². The van der Waals surface area contributed by atoms with Gasteiger partial charge in [-0.15, -0.1) is 0 Å². The topological polar surface area (TPSA) is 40.5 Å². The molecule has 2 rings (SSSR count). The summed E-state index contributed by atoms with van der Waals surface area (Å²) in [7, 11) is 0. The van der Waals surface area contributed by atoms with Crippen LogP contribution in [0.4, 0.5) is 0 Å². The van der Waals surface area contributed by atoms with Crippen molar-refractivity contribution in [2.24, 2.45) is 0 Å². The fourth-order valence-corrected chi connectivity index (χ4v) is 2.50. The molecule has 0 atom stereocenters. The van der Waals surface area contributed by atoms with Gasteiger partial charge in [0.05, 0.1) is 18.7 Å². The first-order chi connectivity index (χ1) is 8.58. The maximum Gasteiger partial charge on any atom is 0.254 e. The molecule has 1 fully saturated rings. The Morgan fingerprint density at radius 2 is 1.89 bits per heavy atom. The van der Waals surface area contributed by atoms with Gasteiger partial charge >= 0.3 is 0 Å². The van der Waals surface area contributed by atoms with Crippen LogP contribution in [0, 0.1) is 0 Å². The summed E-state index contributed by atoms with van der Waals surface area (Å²) in [5.41, 5.74) is 1.30. The van der Waals surface area contributed by atoms with Gasteiger partial charge in [0, 0.05) is 5.56 Å². The second-order valence-electron chi connectivity index (χ2n) is 5.19. The van der Waals surface area contributed by atoms with Crippen molar-refractivity contribution in [2.45, 2.75) is 38.7 Å². The van der Waals surface area contributed by atoms with E-state index in [1.54, 1.807) is 4.90 Å². The monoisotopic (exact) mass is 247 g/mol. The van der Waals surface area contributed by atoms with Gasteiger partial charge in [0.15, 0.2) is 0 Å². The molecular weight excluding hydrogens is 226 g/mol. The summed E-state index contributed by atoms with van der Waals surface area (Å²) >= 11 is 0. The second kappa shape index (κ2) is 5.11. The van der Waals surface area contributed by atoms with Crippen LogP contribution in [0.2, 0.25) is 0 Å². The summed E-state index contributed by atoms with van der Waals surface area (Å²) in [5, 5.41) is 10.1. The van der Waals surface area contributed by atoms with Crippen molar-refractivity contribution >= 4 is 5.91 Å². The molecule has 1 saturated heterocycles. The standard InChI is InChI=1S/C15H21NO2/c1-3-9-15(18)10-16(11-15)14(17)13-7-5-12(4-2)6-8-13/h5-8,18H,3-4,9-11H2,1-2H3. The van der Waals surface area contributed by atoms with Crippen molar-refractivity contribution in [3.05, 3.63) is 35.4 Å². The van der Waals surface area contributed by atoms with Crippen molar-refractivity contribution < 1.29 is 9.90 Å². The number of benzene rings is 1. The van der Waals surface area contributed by atoms with Crippen molar-refractivity contribution in [3.63, 3.8) is 0 Å². The SMILES string of the molecule is CCCC1(O)CN(C(=O)c2ccc(CC)cc2)C1. The highest BCUT2D eigenvalue weighted by molar-refractivity contribution is 5.95. The highest BCUT2D eigenvalue weighted by Gasteiger charge is 2.42. The van der Waals surface area contributed by atoms with Crippen LogP contribution in [0.25, 0.3) is 0 Å². The smallest absolute Gasteiger partial charge is 0.254 e. The molecule has 1 aliphatic heterocycles. The number of hydrogen-bond acceptors (Lipinski definition) is 2. The molecule has 1 heterocycles. The second-order valence-corrected chi connectivity index (χ2v) is 5.19. The Labute approximate surface area is 108 Å². The quantitative estimate of drug-likeness (QED) is 0.886. The molecule has 0 unspecified atom stereocenters. The molecule has 3 heteroatoms. The highest BCUT2D eigenvalue weighted by Crippen LogP contribution is 2.27. The molecule has 0 saturated carbocycles. The lowest BCUT2D eigenvalue weighted by molar-refractivity contribution is -0.0860. The van der Waals surface area contributed by atoms with E-state index in [1.807, 2.05) is 31.2 Å². The zero-order chi connectivity index (χ0) is 13.2. The molecule has 0 aromatic heterocycles. The Hall–Kier alpha value is -1.35. The van der Waals surface area contributed by atoms with Crippen molar-refractivity contribution in [1.29, 1.82) is 0 Å². The van der Waals surface area contributed by atoms with Crippen molar-refractivity contribution in [3.8, 4) is 0 Å². The Kier molecular flexibility index (Phi) is 3.71. The molecule has 0 radical (unpaired) electrons. The number of carbonyl (C=O) groups is 1. The van der Waals surface area contributed by atoms with Crippen molar-refractivity contribution in [2.75, 3.05) is 13.1 Å². The van der Waals surface area contributed by atoms with Crippen LogP contribution in [0.1, 0.15) is 42.6 Å². The third-order valence-corrected chi connectivity index (χ3v) is 3.58. The number of aliphatic hydroxyl groups is 1. The molecular formula is C15H21NO2. The summed E-state index contributed by atoms with van der Waals surface area (Å²) in [5.74, 6) is 0.0263. The number of aryl methyl sites for hydroxylation is 1. The van der Waals surface area contributed by atoms with Gasteiger partial charge in [-0.1, -0.05) is 32.4 Å². The molecule has 0 bridgehead atoms. The predicted octanol–water partition coefficient (Wildman–Crippen LogP) is 2.24. The molecule has 1 aliphatic rings. The van der Waals surface area contributed by atoms with Crippen LogP contribution >= 0.6 is 0 Å². The molecule has 98 valence electrons. The first kappa shape index (κ1) is 13.1. The molecule has 0 aliphatic carbocycles. The minimum absolute atomic E-state index is 0.0263. The largest absolute Gasteiger partial charge is 0.386 e. The third kappa shape index (κ3) is 2.56. The first-order valence-corrected chi connectivity index (χ1v) is 6.68. The predicted molar refractivity (Wildman–Crippen MR) is 71.6 cm³/mol. The highest BCUT2D eigenvalue weighted by atomic mass is 16.3. The Bertz CT molecular complexity index is 419. The van der Waals surface area contributed by atoms with Gasteiger partial charge in [-0.05, 0) is 30.5 Å². The average molecular weight is 247 g/mol. The van der Waals surface area contributed by atoms with E-state index in [0.717, 1.165) is 19.3 Å². The van der Waals surface area contributed by atoms with E-state index in [1.165, 1.54) is 5.56 Å². The number of hydrogen-bond donors (Lipinski definition) is 1. The average Bonchev–Trinajstić information content (AvgIpc) is 2.35. The summed E-state index contributed by atoms with van der Waals surface area (Å²) in [6.45, 7) is 5.08. The van der Waals surface area contributed by atoms with Gasteiger partial charge in [0.25, 0.3) is 5.91 Å². The Morgan fingerprint density at radius 3 is 2.39 bits per heavy atom. The number of nitrogens with zero attached hydrogens (tertiary/aromatic N) is 1. The Balaban J connectivity index is 1.97. The molecule has 0 spiro atoms. The van der Waals surface area contributed by atoms with Gasteiger partial charge in [-0.3, -0.25) is 4.79 Å². The summed E-state index contributed by atoms with van der Waals surface area (Å²) in [6, 6.07) is 7.73. The summed E-state index contributed by atoms with van der Waals surface area (Å²) in [4.78, 5) is 13.9.